The van der Waals surface area contributed by atoms with Gasteiger partial charge in [-0.15, -0.1) is 0 Å². The number of rotatable bonds is 5. The van der Waals surface area contributed by atoms with E-state index in [9.17, 15) is 9.59 Å². The summed E-state index contributed by atoms with van der Waals surface area (Å²) < 4.78 is 5.51. The second kappa shape index (κ2) is 11.1. The highest BCUT2D eigenvalue weighted by atomic mass is 16.6. The molecular weight excluding hydrogens is 504 g/mol. The van der Waals surface area contributed by atoms with Crippen LogP contribution in [-0.4, -0.2) is 44.0 Å². The lowest BCUT2D eigenvalue weighted by molar-refractivity contribution is 0.0224. The van der Waals surface area contributed by atoms with Gasteiger partial charge in [-0.3, -0.25) is 9.78 Å². The highest BCUT2D eigenvalue weighted by Gasteiger charge is 2.26. The number of fused-ring (bicyclic) bond motifs is 1. The zero-order valence-electron chi connectivity index (χ0n) is 23.1. The number of hydrogen-bond donors (Lipinski definition) is 2. The zero-order valence-corrected chi connectivity index (χ0v) is 23.1. The third-order valence-electron chi connectivity index (χ3n) is 6.49. The number of benzene rings is 2. The van der Waals surface area contributed by atoms with E-state index in [0.29, 0.717) is 36.7 Å². The van der Waals surface area contributed by atoms with Crippen molar-refractivity contribution in [3.63, 3.8) is 0 Å². The third-order valence-corrected chi connectivity index (χ3v) is 6.49. The number of amides is 2. The first kappa shape index (κ1) is 26.8. The molecule has 0 saturated carbocycles. The highest BCUT2D eigenvalue weighted by molar-refractivity contribution is 6.04. The van der Waals surface area contributed by atoms with Crippen molar-refractivity contribution in [2.24, 2.45) is 0 Å². The number of aromatic nitrogens is 3. The maximum Gasteiger partial charge on any atom is 0.410 e. The minimum atomic E-state index is -0.540. The van der Waals surface area contributed by atoms with Gasteiger partial charge in [0.25, 0.3) is 5.91 Å². The van der Waals surface area contributed by atoms with Gasteiger partial charge in [0, 0.05) is 54.2 Å². The maximum atomic E-state index is 13.1. The van der Waals surface area contributed by atoms with Gasteiger partial charge in [0.05, 0.1) is 5.69 Å². The largest absolute Gasteiger partial charge is 0.444 e. The number of pyridine rings is 1. The predicted molar refractivity (Wildman–Crippen MR) is 154 cm³/mol. The molecule has 0 bridgehead atoms. The van der Waals surface area contributed by atoms with E-state index in [4.69, 9.17) is 4.74 Å². The summed E-state index contributed by atoms with van der Waals surface area (Å²) in [6, 6.07) is 16.9. The Kier molecular flexibility index (Phi) is 7.46. The number of ether oxygens (including phenoxy) is 1. The molecule has 0 atom stereocenters. The average Bonchev–Trinajstić information content (AvgIpc) is 2.94. The molecular formula is C31H32N6O3. The van der Waals surface area contributed by atoms with E-state index in [-0.39, 0.29) is 12.0 Å². The molecule has 5 rings (SSSR count). The molecule has 9 nitrogen and oxygen atoms in total. The molecule has 4 aromatic rings. The second-order valence-corrected chi connectivity index (χ2v) is 10.8. The molecule has 2 aromatic carbocycles. The molecule has 0 aliphatic carbocycles. The normalized spacial score (nSPS) is 12.8. The van der Waals surface area contributed by atoms with Gasteiger partial charge in [-0.1, -0.05) is 12.1 Å². The first-order chi connectivity index (χ1) is 19.1. The Morgan fingerprint density at radius 3 is 2.62 bits per heavy atom. The number of anilines is 3. The number of nitrogens with zero attached hydrogens (tertiary/aromatic N) is 4. The van der Waals surface area contributed by atoms with Gasteiger partial charge in [0.15, 0.2) is 0 Å². The molecule has 1 aliphatic heterocycles. The van der Waals surface area contributed by atoms with E-state index in [2.05, 4.69) is 25.6 Å². The lowest BCUT2D eigenvalue weighted by atomic mass is 9.97. The molecule has 3 heterocycles. The van der Waals surface area contributed by atoms with E-state index < -0.39 is 5.60 Å². The molecule has 2 aromatic heterocycles. The van der Waals surface area contributed by atoms with Crippen molar-refractivity contribution in [1.82, 2.24) is 19.9 Å². The molecule has 9 heteroatoms. The Morgan fingerprint density at radius 2 is 1.85 bits per heavy atom. The molecule has 0 fully saturated rings. The topological polar surface area (TPSA) is 109 Å². The summed E-state index contributed by atoms with van der Waals surface area (Å²) in [5.41, 5.74) is 6.17. The van der Waals surface area contributed by atoms with E-state index in [1.807, 2.05) is 76.2 Å². The molecule has 0 radical (unpaired) electrons. The quantitative estimate of drug-likeness (QED) is 0.315. The summed E-state index contributed by atoms with van der Waals surface area (Å²) in [7, 11) is 0. The SMILES string of the molecule is Cc1ccc(NC(=O)c2ccc3c(c2)CCN(C(=O)OC(C)(C)C)C3)cc1Nc1nccc(-c2cccnc2)n1. The van der Waals surface area contributed by atoms with Crippen LogP contribution >= 0.6 is 0 Å². The highest BCUT2D eigenvalue weighted by Crippen LogP contribution is 2.26. The number of carbonyl (C=O) groups excluding carboxylic acids is 2. The van der Waals surface area contributed by atoms with Crippen molar-refractivity contribution in [3.05, 3.63) is 95.4 Å². The minimum absolute atomic E-state index is 0.206. The smallest absolute Gasteiger partial charge is 0.410 e. The van der Waals surface area contributed by atoms with Crippen molar-refractivity contribution >= 4 is 29.3 Å². The summed E-state index contributed by atoms with van der Waals surface area (Å²) in [6.07, 6.45) is 5.51. The van der Waals surface area contributed by atoms with Gasteiger partial charge in [0.1, 0.15) is 5.60 Å². The second-order valence-electron chi connectivity index (χ2n) is 10.8. The predicted octanol–water partition coefficient (Wildman–Crippen LogP) is 6.14. The van der Waals surface area contributed by atoms with Crippen molar-refractivity contribution in [2.75, 3.05) is 17.2 Å². The first-order valence-electron chi connectivity index (χ1n) is 13.2. The van der Waals surface area contributed by atoms with Crippen LogP contribution in [0.1, 0.15) is 47.8 Å². The fourth-order valence-corrected chi connectivity index (χ4v) is 4.43. The van der Waals surface area contributed by atoms with Crippen LogP contribution in [0.15, 0.2) is 73.2 Å². The van der Waals surface area contributed by atoms with Crippen LogP contribution < -0.4 is 10.6 Å². The van der Waals surface area contributed by atoms with Gasteiger partial charge in [-0.05, 0) is 93.3 Å². The maximum absolute atomic E-state index is 13.1. The Bertz CT molecular complexity index is 1550. The Morgan fingerprint density at radius 1 is 1.00 bits per heavy atom. The monoisotopic (exact) mass is 536 g/mol. The third kappa shape index (κ3) is 6.43. The van der Waals surface area contributed by atoms with Crippen LogP contribution in [0.3, 0.4) is 0 Å². The zero-order chi connectivity index (χ0) is 28.3. The fraction of sp³-hybridized carbons (Fsp3) is 0.258. The van der Waals surface area contributed by atoms with E-state index >= 15 is 0 Å². The standard InChI is InChI=1S/C31H32N6O3/c1-20-7-10-25(17-27(20)36-29-33-14-11-26(35-29)23-6-5-13-32-18-23)34-28(38)22-8-9-24-19-37(15-12-21(24)16-22)30(39)40-31(2,3)4/h5-11,13-14,16-18H,12,15,19H2,1-4H3,(H,34,38)(H,33,35,36). The molecule has 2 amide bonds. The van der Waals surface area contributed by atoms with Crippen LogP contribution in [0.2, 0.25) is 0 Å². The molecule has 2 N–H and O–H groups in total. The van der Waals surface area contributed by atoms with Gasteiger partial charge in [-0.2, -0.15) is 0 Å². The summed E-state index contributed by atoms with van der Waals surface area (Å²) in [5.74, 6) is 0.241. The van der Waals surface area contributed by atoms with Gasteiger partial charge < -0.3 is 20.3 Å². The van der Waals surface area contributed by atoms with Crippen LogP contribution in [0.5, 0.6) is 0 Å². The van der Waals surface area contributed by atoms with Crippen LogP contribution in [0.4, 0.5) is 22.1 Å². The average molecular weight is 537 g/mol. The van der Waals surface area contributed by atoms with Crippen LogP contribution in [0.25, 0.3) is 11.3 Å². The number of aryl methyl sites for hydroxylation is 1. The van der Waals surface area contributed by atoms with E-state index in [1.54, 1.807) is 29.6 Å². The summed E-state index contributed by atoms with van der Waals surface area (Å²) in [6.45, 7) is 8.55. The molecule has 0 saturated heterocycles. The van der Waals surface area contributed by atoms with Crippen molar-refractivity contribution < 1.29 is 14.3 Å². The Balaban J connectivity index is 1.27. The molecule has 0 unspecified atom stereocenters. The molecule has 40 heavy (non-hydrogen) atoms. The van der Waals surface area contributed by atoms with Crippen molar-refractivity contribution in [3.8, 4) is 11.3 Å². The Labute approximate surface area is 233 Å². The van der Waals surface area contributed by atoms with Crippen LogP contribution in [-0.2, 0) is 17.7 Å². The van der Waals surface area contributed by atoms with E-state index in [1.165, 1.54) is 0 Å². The number of hydrogen-bond acceptors (Lipinski definition) is 7. The Hall–Kier alpha value is -4.79. The van der Waals surface area contributed by atoms with Gasteiger partial charge in [0.2, 0.25) is 5.95 Å². The molecule has 0 spiro atoms. The van der Waals surface area contributed by atoms with E-state index in [0.717, 1.165) is 33.6 Å². The first-order valence-corrected chi connectivity index (χ1v) is 13.2. The number of carbonyl (C=O) groups is 2. The van der Waals surface area contributed by atoms with Crippen molar-refractivity contribution in [2.45, 2.75) is 46.3 Å². The molecule has 1 aliphatic rings. The van der Waals surface area contributed by atoms with Crippen LogP contribution in [0, 0.1) is 6.92 Å². The summed E-state index contributed by atoms with van der Waals surface area (Å²) in [5, 5.41) is 6.26. The van der Waals surface area contributed by atoms with Gasteiger partial charge >= 0.3 is 6.09 Å². The van der Waals surface area contributed by atoms with Gasteiger partial charge in [-0.25, -0.2) is 14.8 Å². The lowest BCUT2D eigenvalue weighted by Gasteiger charge is -2.31. The molecule has 204 valence electrons. The summed E-state index contributed by atoms with van der Waals surface area (Å²) in [4.78, 5) is 40.4. The lowest BCUT2D eigenvalue weighted by Crippen LogP contribution is -2.39. The fourth-order valence-electron chi connectivity index (χ4n) is 4.43. The van der Waals surface area contributed by atoms with Crippen molar-refractivity contribution in [1.29, 1.82) is 0 Å². The summed E-state index contributed by atoms with van der Waals surface area (Å²) >= 11 is 0. The minimum Gasteiger partial charge on any atom is -0.444 e. The number of nitrogens with one attached hydrogen (secondary N) is 2.